The molecule has 0 aliphatic carbocycles. The smallest absolute Gasteiger partial charge is 0.221 e. The molecule has 25 heavy (non-hydrogen) atoms. The number of anilines is 1. The van der Waals surface area contributed by atoms with Gasteiger partial charge in [-0.1, -0.05) is 42.5 Å². The zero-order valence-corrected chi connectivity index (χ0v) is 14.8. The van der Waals surface area contributed by atoms with E-state index >= 15 is 0 Å². The molecule has 0 saturated carbocycles. The molecule has 0 bridgehead atoms. The van der Waals surface area contributed by atoms with E-state index in [0.717, 1.165) is 16.8 Å². The van der Waals surface area contributed by atoms with Crippen LogP contribution in [0.2, 0.25) is 0 Å². The molecule has 5 nitrogen and oxygen atoms in total. The van der Waals surface area contributed by atoms with Gasteiger partial charge in [-0.05, 0) is 30.3 Å². The van der Waals surface area contributed by atoms with Crippen LogP contribution in [-0.2, 0) is 22.7 Å². The highest BCUT2D eigenvalue weighted by Gasteiger charge is 2.09. The quantitative estimate of drug-likeness (QED) is 0.735. The van der Waals surface area contributed by atoms with Crippen LogP contribution in [0.1, 0.15) is 18.1 Å². The molecule has 0 saturated heterocycles. The molecule has 0 aromatic heterocycles. The highest BCUT2D eigenvalue weighted by Crippen LogP contribution is 2.12. The molecular formula is C20H26N2O3. The van der Waals surface area contributed by atoms with Crippen molar-refractivity contribution in [3.05, 3.63) is 65.7 Å². The molecule has 0 aliphatic rings. The van der Waals surface area contributed by atoms with Crippen LogP contribution in [0.5, 0.6) is 0 Å². The van der Waals surface area contributed by atoms with Crippen LogP contribution in [0, 0.1) is 0 Å². The topological polar surface area (TPSA) is 61.8 Å². The Bertz CT molecular complexity index is 661. The van der Waals surface area contributed by atoms with E-state index < -0.39 is 6.10 Å². The van der Waals surface area contributed by atoms with Gasteiger partial charge in [-0.15, -0.1) is 0 Å². The third-order valence-corrected chi connectivity index (χ3v) is 3.64. The van der Waals surface area contributed by atoms with Crippen molar-refractivity contribution in [3.8, 4) is 0 Å². The predicted molar refractivity (Wildman–Crippen MR) is 99.2 cm³/mol. The van der Waals surface area contributed by atoms with E-state index in [-0.39, 0.29) is 5.91 Å². The zero-order valence-electron chi connectivity index (χ0n) is 14.8. The average Bonchev–Trinajstić information content (AvgIpc) is 2.55. The van der Waals surface area contributed by atoms with E-state index in [1.54, 1.807) is 0 Å². The van der Waals surface area contributed by atoms with E-state index in [9.17, 15) is 9.90 Å². The maximum absolute atomic E-state index is 11.1. The molecule has 0 spiro atoms. The first-order chi connectivity index (χ1) is 12.0. The van der Waals surface area contributed by atoms with Gasteiger partial charge in [-0.3, -0.25) is 9.69 Å². The van der Waals surface area contributed by atoms with Gasteiger partial charge < -0.3 is 15.2 Å². The van der Waals surface area contributed by atoms with Gasteiger partial charge in [0.15, 0.2) is 0 Å². The van der Waals surface area contributed by atoms with Crippen LogP contribution >= 0.6 is 0 Å². The average molecular weight is 342 g/mol. The molecule has 2 aromatic rings. The summed E-state index contributed by atoms with van der Waals surface area (Å²) in [4.78, 5) is 13.2. The Balaban J connectivity index is 1.73. The Labute approximate surface area is 149 Å². The van der Waals surface area contributed by atoms with Crippen molar-refractivity contribution >= 4 is 11.6 Å². The predicted octanol–water partition coefficient (Wildman–Crippen LogP) is 2.65. The number of ether oxygens (including phenoxy) is 1. The van der Waals surface area contributed by atoms with Crippen molar-refractivity contribution in [1.82, 2.24) is 4.90 Å². The largest absolute Gasteiger partial charge is 0.389 e. The van der Waals surface area contributed by atoms with E-state index in [2.05, 4.69) is 5.32 Å². The monoisotopic (exact) mass is 342 g/mol. The molecule has 0 radical (unpaired) electrons. The number of hydrogen-bond acceptors (Lipinski definition) is 4. The second kappa shape index (κ2) is 9.93. The molecule has 134 valence electrons. The van der Waals surface area contributed by atoms with Crippen LogP contribution in [0.4, 0.5) is 5.69 Å². The fourth-order valence-corrected chi connectivity index (χ4v) is 2.63. The number of carbonyl (C=O) groups is 1. The lowest BCUT2D eigenvalue weighted by molar-refractivity contribution is -0.114. The second-order valence-electron chi connectivity index (χ2n) is 6.23. The molecule has 0 fully saturated rings. The molecule has 1 atom stereocenters. The van der Waals surface area contributed by atoms with Crippen molar-refractivity contribution < 1.29 is 14.6 Å². The SMILES string of the molecule is CC(=O)Nc1cccc(CN(C)C[C@@H](O)COCc2ccccc2)c1. The highest BCUT2D eigenvalue weighted by molar-refractivity contribution is 5.88. The lowest BCUT2D eigenvalue weighted by Crippen LogP contribution is -2.31. The van der Waals surface area contributed by atoms with Crippen molar-refractivity contribution in [3.63, 3.8) is 0 Å². The van der Waals surface area contributed by atoms with Crippen molar-refractivity contribution in [2.24, 2.45) is 0 Å². The summed E-state index contributed by atoms with van der Waals surface area (Å²) in [6.45, 7) is 3.48. The number of carbonyl (C=O) groups excluding carboxylic acids is 1. The molecule has 0 unspecified atom stereocenters. The molecule has 2 rings (SSSR count). The minimum absolute atomic E-state index is 0.0866. The molecule has 0 aliphatic heterocycles. The molecule has 1 amide bonds. The lowest BCUT2D eigenvalue weighted by atomic mass is 10.2. The highest BCUT2D eigenvalue weighted by atomic mass is 16.5. The summed E-state index contributed by atoms with van der Waals surface area (Å²) >= 11 is 0. The number of rotatable bonds is 9. The van der Waals surface area contributed by atoms with E-state index in [1.807, 2.05) is 66.5 Å². The fraction of sp³-hybridized carbons (Fsp3) is 0.350. The Hall–Kier alpha value is -2.21. The summed E-state index contributed by atoms with van der Waals surface area (Å²) < 4.78 is 5.57. The van der Waals surface area contributed by atoms with Gasteiger partial charge in [0, 0.05) is 25.7 Å². The summed E-state index contributed by atoms with van der Waals surface area (Å²) in [6.07, 6.45) is -0.549. The first kappa shape index (κ1) is 19.1. The molecule has 5 heteroatoms. The van der Waals surface area contributed by atoms with Gasteiger partial charge in [0.05, 0.1) is 19.3 Å². The van der Waals surface area contributed by atoms with E-state index in [0.29, 0.717) is 26.3 Å². The number of amides is 1. The second-order valence-corrected chi connectivity index (χ2v) is 6.23. The Morgan fingerprint density at radius 2 is 1.88 bits per heavy atom. The standard InChI is InChI=1S/C20H26N2O3/c1-16(23)21-19-10-6-9-18(11-19)12-22(2)13-20(24)15-25-14-17-7-4-3-5-8-17/h3-11,20,24H,12-15H2,1-2H3,(H,21,23)/t20-/m1/s1. The van der Waals surface area contributed by atoms with E-state index in [4.69, 9.17) is 4.74 Å². The van der Waals surface area contributed by atoms with Gasteiger partial charge in [-0.2, -0.15) is 0 Å². The van der Waals surface area contributed by atoms with Gasteiger partial charge >= 0.3 is 0 Å². The van der Waals surface area contributed by atoms with Gasteiger partial charge in [0.1, 0.15) is 0 Å². The summed E-state index contributed by atoms with van der Waals surface area (Å²) in [5.41, 5.74) is 2.95. The number of nitrogens with zero attached hydrogens (tertiary/aromatic N) is 1. The molecule has 2 aromatic carbocycles. The Kier molecular flexibility index (Phi) is 7.60. The van der Waals surface area contributed by atoms with Crippen molar-refractivity contribution in [2.45, 2.75) is 26.2 Å². The maximum atomic E-state index is 11.1. The molecule has 0 heterocycles. The van der Waals surface area contributed by atoms with E-state index in [1.165, 1.54) is 6.92 Å². The number of hydrogen-bond donors (Lipinski definition) is 2. The first-order valence-electron chi connectivity index (χ1n) is 8.37. The fourth-order valence-electron chi connectivity index (χ4n) is 2.63. The van der Waals surface area contributed by atoms with Gasteiger partial charge in [0.2, 0.25) is 5.91 Å². The van der Waals surface area contributed by atoms with Crippen LogP contribution < -0.4 is 5.32 Å². The van der Waals surface area contributed by atoms with Gasteiger partial charge in [-0.25, -0.2) is 0 Å². The summed E-state index contributed by atoms with van der Waals surface area (Å²) in [5, 5.41) is 12.9. The lowest BCUT2D eigenvalue weighted by Gasteiger charge is -2.21. The van der Waals surface area contributed by atoms with Gasteiger partial charge in [0.25, 0.3) is 0 Å². The number of aliphatic hydroxyl groups is 1. The van der Waals surface area contributed by atoms with Crippen LogP contribution in [0.3, 0.4) is 0 Å². The normalized spacial score (nSPS) is 12.2. The number of aliphatic hydroxyl groups excluding tert-OH is 1. The maximum Gasteiger partial charge on any atom is 0.221 e. The first-order valence-corrected chi connectivity index (χ1v) is 8.37. The Morgan fingerprint density at radius 3 is 2.60 bits per heavy atom. The minimum atomic E-state index is -0.549. The Morgan fingerprint density at radius 1 is 1.16 bits per heavy atom. The van der Waals surface area contributed by atoms with Crippen LogP contribution in [-0.4, -0.2) is 42.2 Å². The zero-order chi connectivity index (χ0) is 18.1. The third-order valence-electron chi connectivity index (χ3n) is 3.64. The van der Waals surface area contributed by atoms with Crippen LogP contribution in [0.25, 0.3) is 0 Å². The number of nitrogens with one attached hydrogen (secondary N) is 1. The van der Waals surface area contributed by atoms with Crippen molar-refractivity contribution in [2.75, 3.05) is 25.5 Å². The minimum Gasteiger partial charge on any atom is -0.389 e. The number of benzene rings is 2. The summed E-state index contributed by atoms with van der Waals surface area (Å²) in [7, 11) is 1.95. The number of likely N-dealkylation sites (N-methyl/N-ethyl adjacent to an activating group) is 1. The molecule has 2 N–H and O–H groups in total. The van der Waals surface area contributed by atoms with Crippen LogP contribution in [0.15, 0.2) is 54.6 Å². The summed E-state index contributed by atoms with van der Waals surface area (Å²) in [5.74, 6) is -0.0866. The summed E-state index contributed by atoms with van der Waals surface area (Å²) in [6, 6.07) is 17.6. The molecular weight excluding hydrogens is 316 g/mol. The third kappa shape index (κ3) is 7.47. The van der Waals surface area contributed by atoms with Crippen molar-refractivity contribution in [1.29, 1.82) is 0 Å².